The summed E-state index contributed by atoms with van der Waals surface area (Å²) in [4.78, 5) is 16.3. The van der Waals surface area contributed by atoms with Crippen LogP contribution in [0.3, 0.4) is 0 Å². The Kier molecular flexibility index (Phi) is 5.05. The average molecular weight is 343 g/mol. The second-order valence-electron chi connectivity index (χ2n) is 5.02. The molecule has 0 aliphatic carbocycles. The number of carbonyl (C=O) groups is 1. The molecule has 5 heteroatoms. The van der Waals surface area contributed by atoms with Crippen molar-refractivity contribution in [2.45, 2.75) is 6.42 Å². The van der Waals surface area contributed by atoms with Gasteiger partial charge in [-0.1, -0.05) is 35.9 Å². The van der Waals surface area contributed by atoms with E-state index in [2.05, 4.69) is 10.3 Å². The fourth-order valence-corrected chi connectivity index (χ4v) is 3.14. The van der Waals surface area contributed by atoms with E-state index in [1.54, 1.807) is 17.4 Å². The summed E-state index contributed by atoms with van der Waals surface area (Å²) in [5.74, 6) is -0.113. The van der Waals surface area contributed by atoms with Crippen LogP contribution < -0.4 is 5.32 Å². The summed E-state index contributed by atoms with van der Waals surface area (Å²) < 4.78 is 1.12. The maximum atomic E-state index is 11.8. The van der Waals surface area contributed by atoms with Gasteiger partial charge in [-0.25, -0.2) is 4.98 Å². The Morgan fingerprint density at radius 1 is 1.17 bits per heavy atom. The van der Waals surface area contributed by atoms with E-state index in [-0.39, 0.29) is 5.91 Å². The smallest absolute Gasteiger partial charge is 0.244 e. The fourth-order valence-electron chi connectivity index (χ4n) is 2.15. The number of rotatable bonds is 5. The van der Waals surface area contributed by atoms with Gasteiger partial charge in [-0.05, 0) is 42.3 Å². The number of fused-ring (bicyclic) bond motifs is 1. The van der Waals surface area contributed by atoms with Gasteiger partial charge in [0.05, 0.1) is 10.2 Å². The average Bonchev–Trinajstić information content (AvgIpc) is 2.98. The molecule has 0 bridgehead atoms. The highest BCUT2D eigenvalue weighted by atomic mass is 35.5. The highest BCUT2D eigenvalue weighted by Crippen LogP contribution is 2.22. The minimum absolute atomic E-state index is 0.113. The molecule has 1 amide bonds. The van der Waals surface area contributed by atoms with Crippen LogP contribution in [0.15, 0.2) is 54.6 Å². The molecular formula is C18H15ClN2OS. The van der Waals surface area contributed by atoms with Crippen LogP contribution in [0.2, 0.25) is 5.02 Å². The van der Waals surface area contributed by atoms with Crippen LogP contribution >= 0.6 is 22.9 Å². The van der Waals surface area contributed by atoms with Crippen molar-refractivity contribution in [2.24, 2.45) is 0 Å². The van der Waals surface area contributed by atoms with E-state index in [4.69, 9.17) is 11.6 Å². The number of para-hydroxylation sites is 1. The first-order valence-electron chi connectivity index (χ1n) is 7.27. The van der Waals surface area contributed by atoms with Crippen molar-refractivity contribution in [1.82, 2.24) is 10.3 Å². The van der Waals surface area contributed by atoms with Crippen LogP contribution in [0.25, 0.3) is 16.3 Å². The van der Waals surface area contributed by atoms with Gasteiger partial charge in [0.2, 0.25) is 5.91 Å². The molecule has 0 atom stereocenters. The zero-order valence-corrected chi connectivity index (χ0v) is 13.9. The van der Waals surface area contributed by atoms with Crippen molar-refractivity contribution in [3.05, 3.63) is 70.2 Å². The molecule has 0 aliphatic rings. The van der Waals surface area contributed by atoms with Crippen molar-refractivity contribution in [3.63, 3.8) is 0 Å². The highest BCUT2D eigenvalue weighted by Gasteiger charge is 2.01. The molecule has 0 saturated carbocycles. The molecule has 0 saturated heterocycles. The third kappa shape index (κ3) is 4.41. The van der Waals surface area contributed by atoms with Gasteiger partial charge in [0, 0.05) is 17.6 Å². The molecule has 0 spiro atoms. The number of hydrogen-bond donors (Lipinski definition) is 1. The van der Waals surface area contributed by atoms with Crippen molar-refractivity contribution in [1.29, 1.82) is 0 Å². The van der Waals surface area contributed by atoms with Crippen molar-refractivity contribution < 1.29 is 4.79 Å². The van der Waals surface area contributed by atoms with Gasteiger partial charge in [0.15, 0.2) is 0 Å². The lowest BCUT2D eigenvalue weighted by atomic mass is 10.1. The third-order valence-electron chi connectivity index (χ3n) is 3.31. The number of thiazole rings is 1. The van der Waals surface area contributed by atoms with E-state index in [9.17, 15) is 4.79 Å². The highest BCUT2D eigenvalue weighted by molar-refractivity contribution is 7.19. The largest absolute Gasteiger partial charge is 0.352 e. The number of benzene rings is 2. The Hall–Kier alpha value is -2.17. The van der Waals surface area contributed by atoms with E-state index in [0.29, 0.717) is 6.54 Å². The molecule has 0 fully saturated rings. The van der Waals surface area contributed by atoms with Crippen LogP contribution in [-0.2, 0) is 11.2 Å². The van der Waals surface area contributed by atoms with E-state index in [1.165, 1.54) is 6.08 Å². The number of carbonyl (C=O) groups excluding carboxylic acids is 1. The normalized spacial score (nSPS) is 11.2. The third-order valence-corrected chi connectivity index (χ3v) is 4.57. The summed E-state index contributed by atoms with van der Waals surface area (Å²) >= 11 is 7.41. The first kappa shape index (κ1) is 15.7. The van der Waals surface area contributed by atoms with Gasteiger partial charge >= 0.3 is 0 Å². The first-order valence-corrected chi connectivity index (χ1v) is 8.46. The number of aromatic nitrogens is 1. The molecule has 0 radical (unpaired) electrons. The summed E-state index contributed by atoms with van der Waals surface area (Å²) in [6.07, 6.45) is 4.06. The van der Waals surface area contributed by atoms with E-state index < -0.39 is 0 Å². The quantitative estimate of drug-likeness (QED) is 0.701. The van der Waals surface area contributed by atoms with Gasteiger partial charge in [0.25, 0.3) is 0 Å². The lowest BCUT2D eigenvalue weighted by molar-refractivity contribution is -0.116. The van der Waals surface area contributed by atoms with Gasteiger partial charge in [0.1, 0.15) is 5.01 Å². The van der Waals surface area contributed by atoms with E-state index in [1.807, 2.05) is 48.5 Å². The van der Waals surface area contributed by atoms with Crippen molar-refractivity contribution >= 4 is 45.1 Å². The van der Waals surface area contributed by atoms with Gasteiger partial charge in [-0.15, -0.1) is 11.3 Å². The second kappa shape index (κ2) is 7.40. The Morgan fingerprint density at radius 2 is 1.96 bits per heavy atom. The first-order chi connectivity index (χ1) is 11.2. The molecular weight excluding hydrogens is 328 g/mol. The summed E-state index contributed by atoms with van der Waals surface area (Å²) in [6.45, 7) is 0.588. The minimum Gasteiger partial charge on any atom is -0.352 e. The molecule has 2 aromatic carbocycles. The second-order valence-corrected chi connectivity index (χ2v) is 6.52. The zero-order valence-electron chi connectivity index (χ0n) is 12.3. The predicted molar refractivity (Wildman–Crippen MR) is 96.8 cm³/mol. The van der Waals surface area contributed by atoms with Crippen molar-refractivity contribution in [2.75, 3.05) is 6.54 Å². The van der Waals surface area contributed by atoms with Gasteiger partial charge in [-0.2, -0.15) is 0 Å². The summed E-state index contributed by atoms with van der Waals surface area (Å²) in [7, 11) is 0. The maximum absolute atomic E-state index is 11.8. The van der Waals surface area contributed by atoms with Crippen LogP contribution in [-0.4, -0.2) is 17.4 Å². The number of halogens is 1. The number of nitrogens with zero attached hydrogens (tertiary/aromatic N) is 1. The van der Waals surface area contributed by atoms with Gasteiger partial charge < -0.3 is 5.32 Å². The molecule has 0 unspecified atom stereocenters. The lowest BCUT2D eigenvalue weighted by Crippen LogP contribution is -2.23. The van der Waals surface area contributed by atoms with E-state index in [0.717, 1.165) is 32.2 Å². The summed E-state index contributed by atoms with van der Waals surface area (Å²) in [5, 5.41) is 4.42. The predicted octanol–water partition coefficient (Wildman–Crippen LogP) is 4.32. The monoisotopic (exact) mass is 342 g/mol. The number of hydrogen-bond acceptors (Lipinski definition) is 3. The molecule has 23 heavy (non-hydrogen) atoms. The lowest BCUT2D eigenvalue weighted by Gasteiger charge is -2.02. The Bertz CT molecular complexity index is 807. The Balaban J connectivity index is 1.51. The van der Waals surface area contributed by atoms with E-state index >= 15 is 0 Å². The summed E-state index contributed by atoms with van der Waals surface area (Å²) in [6, 6.07) is 15.6. The van der Waals surface area contributed by atoms with Gasteiger partial charge in [-0.3, -0.25) is 4.79 Å². The molecule has 116 valence electrons. The molecule has 1 aromatic heterocycles. The number of amides is 1. The summed E-state index contributed by atoms with van der Waals surface area (Å²) in [5.41, 5.74) is 2.10. The minimum atomic E-state index is -0.113. The zero-order chi connectivity index (χ0) is 16.1. The molecule has 3 nitrogen and oxygen atoms in total. The topological polar surface area (TPSA) is 42.0 Å². The number of nitrogens with one attached hydrogen (secondary N) is 1. The molecule has 3 aromatic rings. The van der Waals surface area contributed by atoms with Crippen LogP contribution in [0.5, 0.6) is 0 Å². The molecule has 1 N–H and O–H groups in total. The Labute approximate surface area is 143 Å². The Morgan fingerprint density at radius 3 is 2.74 bits per heavy atom. The fraction of sp³-hybridized carbons (Fsp3) is 0.111. The molecule has 3 rings (SSSR count). The van der Waals surface area contributed by atoms with Crippen LogP contribution in [0, 0.1) is 0 Å². The van der Waals surface area contributed by atoms with Crippen LogP contribution in [0.1, 0.15) is 10.6 Å². The van der Waals surface area contributed by atoms with Crippen LogP contribution in [0.4, 0.5) is 0 Å². The standard InChI is InChI=1S/C18H15ClN2OS/c19-14-7-5-13(6-8-14)11-12-20-17(22)9-10-18-21-15-3-1-2-4-16(15)23-18/h1-10H,11-12H2,(H,20,22). The van der Waals surface area contributed by atoms with Crippen molar-refractivity contribution in [3.8, 4) is 0 Å². The SMILES string of the molecule is O=C(C=Cc1nc2ccccc2s1)NCCc1ccc(Cl)cc1. The maximum Gasteiger partial charge on any atom is 0.244 e. The molecule has 1 heterocycles. The molecule has 0 aliphatic heterocycles.